The van der Waals surface area contributed by atoms with E-state index in [1.54, 1.807) is 48.2 Å². The van der Waals surface area contributed by atoms with Crippen LogP contribution in [0.2, 0.25) is 5.02 Å². The lowest BCUT2D eigenvalue weighted by Gasteiger charge is -2.48. The number of halogens is 4. The first-order valence-electron chi connectivity index (χ1n) is 12.8. The molecule has 2 heterocycles. The van der Waals surface area contributed by atoms with E-state index in [1.165, 1.54) is 34.7 Å². The van der Waals surface area contributed by atoms with Crippen LogP contribution < -0.4 is 9.21 Å². The van der Waals surface area contributed by atoms with Crippen LogP contribution in [0.25, 0.3) is 12.2 Å². The maximum atomic E-state index is 14.0. The summed E-state index contributed by atoms with van der Waals surface area (Å²) < 4.78 is 70.0. The summed E-state index contributed by atoms with van der Waals surface area (Å²) in [7, 11) is -4.03. The molecule has 0 aliphatic carbocycles. The van der Waals surface area contributed by atoms with Gasteiger partial charge >= 0.3 is 12.1 Å². The number of aliphatic carboxylic acids is 1. The lowest BCUT2D eigenvalue weighted by atomic mass is 10.0. The fourth-order valence-corrected chi connectivity index (χ4v) is 7.22. The van der Waals surface area contributed by atoms with E-state index in [-0.39, 0.29) is 34.6 Å². The van der Waals surface area contributed by atoms with Gasteiger partial charge in [-0.1, -0.05) is 48.0 Å². The van der Waals surface area contributed by atoms with Crippen molar-refractivity contribution in [1.82, 2.24) is 4.90 Å². The quantitative estimate of drug-likeness (QED) is 0.367. The first kappa shape index (κ1) is 29.0. The number of nitrogens with zero attached hydrogens (tertiary/aromatic N) is 3. The Morgan fingerprint density at radius 3 is 2.49 bits per heavy atom. The number of hydrogen-bond donors (Lipinski definition) is 1. The summed E-state index contributed by atoms with van der Waals surface area (Å²) in [5.74, 6) is -0.956. The number of sulfonamides is 1. The lowest BCUT2D eigenvalue weighted by molar-refractivity contribution is -0.139. The van der Waals surface area contributed by atoms with Crippen LogP contribution in [-0.2, 0) is 21.0 Å². The van der Waals surface area contributed by atoms with E-state index in [0.29, 0.717) is 36.6 Å². The zero-order valence-corrected chi connectivity index (χ0v) is 23.5. The van der Waals surface area contributed by atoms with Crippen molar-refractivity contribution in [3.8, 4) is 0 Å². The zero-order chi connectivity index (χ0) is 29.5. The van der Waals surface area contributed by atoms with E-state index >= 15 is 0 Å². The molecule has 3 aromatic carbocycles. The SMILES string of the molecule is Cc1cccc(S(=O)(=O)N2C[C@@H]3CN(CC(=O)O)CCN3c3ccc(/C=C/c4c(Cl)cccc4C(F)(F)F)cc32)c1. The minimum absolute atomic E-state index is 0.0558. The molecule has 1 saturated heterocycles. The van der Waals surface area contributed by atoms with E-state index in [4.69, 9.17) is 11.6 Å². The summed E-state index contributed by atoms with van der Waals surface area (Å²) in [6.45, 7) is 3.07. The second kappa shape index (κ2) is 11.0. The number of carboxylic acid groups (broad SMARTS) is 1. The molecular formula is C29H27ClF3N3O4S. The maximum absolute atomic E-state index is 14.0. The summed E-state index contributed by atoms with van der Waals surface area (Å²) in [4.78, 5) is 15.3. The van der Waals surface area contributed by atoms with Crippen molar-refractivity contribution in [3.63, 3.8) is 0 Å². The van der Waals surface area contributed by atoms with Gasteiger partial charge in [-0.2, -0.15) is 13.2 Å². The Bertz CT molecular complexity index is 1630. The maximum Gasteiger partial charge on any atom is 0.417 e. The topological polar surface area (TPSA) is 81.2 Å². The number of alkyl halides is 3. The average Bonchev–Trinajstić information content (AvgIpc) is 2.90. The van der Waals surface area contributed by atoms with Gasteiger partial charge in [0.1, 0.15) is 0 Å². The Hall–Kier alpha value is -3.54. The minimum Gasteiger partial charge on any atom is -0.480 e. The number of rotatable bonds is 6. The Labute approximate surface area is 241 Å². The van der Waals surface area contributed by atoms with Crippen molar-refractivity contribution in [2.24, 2.45) is 0 Å². The number of anilines is 2. The number of carboxylic acids is 1. The number of hydrogen-bond acceptors (Lipinski definition) is 5. The predicted octanol–water partition coefficient (Wildman–Crippen LogP) is 5.62. The van der Waals surface area contributed by atoms with Crippen LogP contribution in [0.4, 0.5) is 24.5 Å². The molecule has 1 fully saturated rings. The van der Waals surface area contributed by atoms with Crippen molar-refractivity contribution < 1.29 is 31.5 Å². The van der Waals surface area contributed by atoms with E-state index in [0.717, 1.165) is 11.6 Å². The number of carbonyl (C=O) groups is 1. The molecule has 216 valence electrons. The Balaban J connectivity index is 1.58. The minimum atomic E-state index is -4.60. The van der Waals surface area contributed by atoms with Crippen LogP contribution in [0.3, 0.4) is 0 Å². The standard InChI is InChI=1S/C29H27ClF3N3O4S/c1-19-4-2-5-22(14-19)41(39,40)36-17-21-16-34(18-28(37)38)12-13-35(21)26-11-9-20(15-27(26)36)8-10-23-24(29(31,32)33)6-3-7-25(23)30/h2-11,14-15,21H,12-13,16-18H2,1H3,(H,37,38)/b10-8+/t21-/m0/s1. The zero-order valence-electron chi connectivity index (χ0n) is 22.0. The summed E-state index contributed by atoms with van der Waals surface area (Å²) in [6.07, 6.45) is -1.84. The highest BCUT2D eigenvalue weighted by molar-refractivity contribution is 7.92. The lowest BCUT2D eigenvalue weighted by Crippen LogP contribution is -2.61. The van der Waals surface area contributed by atoms with Crippen LogP contribution in [0.1, 0.15) is 22.3 Å². The molecule has 5 rings (SSSR count). The highest BCUT2D eigenvalue weighted by atomic mass is 35.5. The molecule has 0 bridgehead atoms. The van der Waals surface area contributed by atoms with Gasteiger partial charge in [0.15, 0.2) is 0 Å². The Morgan fingerprint density at radius 1 is 1.02 bits per heavy atom. The number of piperazine rings is 1. The molecule has 2 aliphatic rings. The molecular weight excluding hydrogens is 579 g/mol. The molecule has 0 radical (unpaired) electrons. The molecule has 7 nitrogen and oxygen atoms in total. The molecule has 3 aromatic rings. The van der Waals surface area contributed by atoms with Gasteiger partial charge in [-0.05, 0) is 54.4 Å². The molecule has 1 atom stereocenters. The van der Waals surface area contributed by atoms with Gasteiger partial charge in [0.25, 0.3) is 10.0 Å². The van der Waals surface area contributed by atoms with Gasteiger partial charge in [-0.15, -0.1) is 0 Å². The normalized spacial score (nSPS) is 17.9. The third kappa shape index (κ3) is 5.93. The first-order valence-corrected chi connectivity index (χ1v) is 14.6. The molecule has 0 aromatic heterocycles. The Morgan fingerprint density at radius 2 is 1.78 bits per heavy atom. The van der Waals surface area contributed by atoms with Crippen molar-refractivity contribution in [3.05, 3.63) is 87.9 Å². The summed E-state index contributed by atoms with van der Waals surface area (Å²) in [6, 6.07) is 14.9. The van der Waals surface area contributed by atoms with E-state index in [2.05, 4.69) is 4.90 Å². The molecule has 2 aliphatic heterocycles. The predicted molar refractivity (Wildman–Crippen MR) is 153 cm³/mol. The van der Waals surface area contributed by atoms with Crippen molar-refractivity contribution >= 4 is 51.1 Å². The van der Waals surface area contributed by atoms with Crippen molar-refractivity contribution in [1.29, 1.82) is 0 Å². The summed E-state index contributed by atoms with van der Waals surface area (Å²) in [5.41, 5.74) is 1.25. The summed E-state index contributed by atoms with van der Waals surface area (Å²) >= 11 is 6.11. The number of fused-ring (bicyclic) bond motifs is 3. The monoisotopic (exact) mass is 605 g/mol. The molecule has 0 saturated carbocycles. The van der Waals surface area contributed by atoms with E-state index in [9.17, 15) is 31.5 Å². The molecule has 12 heteroatoms. The number of benzene rings is 3. The fraction of sp³-hybridized carbons (Fsp3) is 0.276. The second-order valence-electron chi connectivity index (χ2n) is 10.1. The third-order valence-electron chi connectivity index (χ3n) is 7.26. The van der Waals surface area contributed by atoms with Crippen LogP contribution in [0, 0.1) is 6.92 Å². The molecule has 0 spiro atoms. The number of aryl methyl sites for hydroxylation is 1. The van der Waals surface area contributed by atoms with Crippen LogP contribution in [0.15, 0.2) is 65.6 Å². The van der Waals surface area contributed by atoms with Crippen LogP contribution >= 0.6 is 11.6 Å². The highest BCUT2D eigenvalue weighted by Gasteiger charge is 2.40. The third-order valence-corrected chi connectivity index (χ3v) is 9.36. The van der Waals surface area contributed by atoms with Gasteiger partial charge in [0.05, 0.1) is 41.0 Å². The molecule has 41 heavy (non-hydrogen) atoms. The highest BCUT2D eigenvalue weighted by Crippen LogP contribution is 2.41. The van der Waals surface area contributed by atoms with Gasteiger partial charge in [-0.25, -0.2) is 8.42 Å². The van der Waals surface area contributed by atoms with Gasteiger partial charge in [-0.3, -0.25) is 14.0 Å². The molecule has 0 amide bonds. The smallest absolute Gasteiger partial charge is 0.417 e. The summed E-state index contributed by atoms with van der Waals surface area (Å²) in [5, 5.41) is 9.22. The molecule has 0 unspecified atom stereocenters. The largest absolute Gasteiger partial charge is 0.480 e. The van der Waals surface area contributed by atoms with Crippen molar-refractivity contribution in [2.75, 3.05) is 41.9 Å². The fourth-order valence-electron chi connectivity index (χ4n) is 5.37. The van der Waals surface area contributed by atoms with Crippen molar-refractivity contribution in [2.45, 2.75) is 24.0 Å². The van der Waals surface area contributed by atoms with Gasteiger partial charge in [0.2, 0.25) is 0 Å². The average molecular weight is 606 g/mol. The van der Waals surface area contributed by atoms with Crippen LogP contribution in [0.5, 0.6) is 0 Å². The van der Waals surface area contributed by atoms with Gasteiger partial charge in [0, 0.05) is 30.2 Å². The van der Waals surface area contributed by atoms with Crippen LogP contribution in [-0.4, -0.2) is 63.2 Å². The van der Waals surface area contributed by atoms with Gasteiger partial charge < -0.3 is 10.0 Å². The van der Waals surface area contributed by atoms with E-state index in [1.807, 2.05) is 0 Å². The van der Waals surface area contributed by atoms with E-state index < -0.39 is 27.7 Å². The molecule has 1 N–H and O–H groups in total. The Kier molecular flexibility index (Phi) is 7.80. The first-order chi connectivity index (χ1) is 19.3. The second-order valence-corrected chi connectivity index (χ2v) is 12.4.